The quantitative estimate of drug-likeness (QED) is 0.311. The van der Waals surface area contributed by atoms with Gasteiger partial charge in [0.2, 0.25) is 0 Å². The maximum absolute atomic E-state index is 13.9. The molecule has 0 radical (unpaired) electrons. The Morgan fingerprint density at radius 2 is 1.64 bits per heavy atom. The average molecular weight is 545 g/mol. The second-order valence-corrected chi connectivity index (χ2v) is 9.41. The van der Waals surface area contributed by atoms with Gasteiger partial charge in [0.25, 0.3) is 11.5 Å². The topological polar surface area (TPSA) is 81.2 Å². The number of hydrogen-bond acceptors (Lipinski definition) is 4. The van der Waals surface area contributed by atoms with Crippen LogP contribution in [-0.2, 0) is 6.54 Å². The number of benzene rings is 3. The van der Waals surface area contributed by atoms with Crippen molar-refractivity contribution in [3.8, 4) is 11.1 Å². The molecule has 1 heterocycles. The minimum atomic E-state index is -0.425. The fraction of sp³-hybridized carbons (Fsp3) is 0.207. The summed E-state index contributed by atoms with van der Waals surface area (Å²) in [6, 6.07) is 26.2. The maximum atomic E-state index is 13.9. The summed E-state index contributed by atoms with van der Waals surface area (Å²) in [5, 5.41) is 0. The Balaban J connectivity index is 1.84. The van der Waals surface area contributed by atoms with Gasteiger partial charge in [-0.05, 0) is 41.8 Å². The minimum Gasteiger partial charge on any atom is -0.329 e. The molecule has 0 aliphatic heterocycles. The molecule has 4 rings (SSSR count). The fourth-order valence-corrected chi connectivity index (χ4v) is 4.61. The summed E-state index contributed by atoms with van der Waals surface area (Å²) in [5.41, 5.74) is 8.67. The molecule has 0 saturated heterocycles. The zero-order valence-corrected chi connectivity index (χ0v) is 21.8. The van der Waals surface area contributed by atoms with E-state index in [-0.39, 0.29) is 11.5 Å². The van der Waals surface area contributed by atoms with Gasteiger partial charge in [0.1, 0.15) is 5.82 Å². The van der Waals surface area contributed by atoms with Crippen LogP contribution in [0.4, 0.5) is 0 Å². The van der Waals surface area contributed by atoms with Crippen LogP contribution in [0.15, 0.2) is 100 Å². The summed E-state index contributed by atoms with van der Waals surface area (Å²) < 4.78 is 2.59. The molecule has 0 spiro atoms. The molecule has 6 nitrogen and oxygen atoms in total. The van der Waals surface area contributed by atoms with Crippen molar-refractivity contribution >= 4 is 21.8 Å². The van der Waals surface area contributed by atoms with Gasteiger partial charge in [0.05, 0.1) is 18.2 Å². The number of nitrogens with zero attached hydrogens (tertiary/aromatic N) is 3. The number of halogens is 1. The first-order chi connectivity index (χ1) is 17.5. The van der Waals surface area contributed by atoms with Crippen molar-refractivity contribution in [3.63, 3.8) is 0 Å². The number of rotatable bonds is 9. The Hall–Kier alpha value is -3.55. The molecular formula is C29H29BrN4O2. The van der Waals surface area contributed by atoms with Gasteiger partial charge in [-0.3, -0.25) is 14.2 Å². The second kappa shape index (κ2) is 11.9. The van der Waals surface area contributed by atoms with Crippen LogP contribution >= 0.6 is 15.9 Å². The van der Waals surface area contributed by atoms with Crippen LogP contribution in [-0.4, -0.2) is 33.4 Å². The number of carbonyl (C=O) groups is 1. The van der Waals surface area contributed by atoms with Crippen molar-refractivity contribution in [1.29, 1.82) is 0 Å². The molecule has 36 heavy (non-hydrogen) atoms. The Morgan fingerprint density at radius 1 is 1.00 bits per heavy atom. The van der Waals surface area contributed by atoms with E-state index in [1.807, 2.05) is 79.7 Å². The van der Waals surface area contributed by atoms with Crippen molar-refractivity contribution in [2.45, 2.75) is 25.9 Å². The predicted octanol–water partition coefficient (Wildman–Crippen LogP) is 5.27. The monoisotopic (exact) mass is 544 g/mol. The third-order valence-corrected chi connectivity index (χ3v) is 6.66. The van der Waals surface area contributed by atoms with Gasteiger partial charge in [0, 0.05) is 29.3 Å². The maximum Gasteiger partial charge on any atom is 0.261 e. The first-order valence-electron chi connectivity index (χ1n) is 12.0. The van der Waals surface area contributed by atoms with Crippen LogP contribution < -0.4 is 11.3 Å². The molecule has 2 N–H and O–H groups in total. The Labute approximate surface area is 219 Å². The first-order valence-corrected chi connectivity index (χ1v) is 12.8. The molecule has 0 fully saturated rings. The van der Waals surface area contributed by atoms with E-state index in [1.54, 1.807) is 27.8 Å². The van der Waals surface area contributed by atoms with Crippen LogP contribution in [0.1, 0.15) is 41.1 Å². The Bertz CT molecular complexity index is 1360. The van der Waals surface area contributed by atoms with E-state index in [4.69, 9.17) is 10.7 Å². The van der Waals surface area contributed by atoms with Gasteiger partial charge < -0.3 is 10.6 Å². The van der Waals surface area contributed by atoms with E-state index in [2.05, 4.69) is 15.9 Å². The zero-order chi connectivity index (χ0) is 25.5. The van der Waals surface area contributed by atoms with E-state index in [0.717, 1.165) is 15.6 Å². The van der Waals surface area contributed by atoms with Gasteiger partial charge in [-0.1, -0.05) is 83.5 Å². The van der Waals surface area contributed by atoms with Crippen molar-refractivity contribution in [3.05, 3.63) is 123 Å². The summed E-state index contributed by atoms with van der Waals surface area (Å²) in [7, 11) is 0. The summed E-state index contributed by atoms with van der Waals surface area (Å²) in [6.45, 7) is 2.98. The standard InChI is InChI=1S/C29H29BrN4O2/c1-2-26(33(18-17-31)28(35)23-13-15-24(30)16-14-23)27-32-19-25(22-11-7-4-8-12-22)29(36)34(27)20-21-9-5-3-6-10-21/h3-16,19,26H,2,17-18,20,31H2,1H3. The third-order valence-electron chi connectivity index (χ3n) is 6.13. The Kier molecular flexibility index (Phi) is 8.46. The lowest BCUT2D eigenvalue weighted by molar-refractivity contribution is 0.0663. The highest BCUT2D eigenvalue weighted by Gasteiger charge is 2.29. The van der Waals surface area contributed by atoms with Crippen LogP contribution in [0, 0.1) is 0 Å². The van der Waals surface area contributed by atoms with Gasteiger partial charge in [-0.25, -0.2) is 4.98 Å². The van der Waals surface area contributed by atoms with Crippen LogP contribution in [0.3, 0.4) is 0 Å². The summed E-state index contributed by atoms with van der Waals surface area (Å²) in [4.78, 5) is 34.0. The molecule has 7 heteroatoms. The normalized spacial score (nSPS) is 11.8. The van der Waals surface area contributed by atoms with Gasteiger partial charge in [-0.15, -0.1) is 0 Å². The van der Waals surface area contributed by atoms with Crippen LogP contribution in [0.2, 0.25) is 0 Å². The molecule has 1 atom stereocenters. The highest BCUT2D eigenvalue weighted by atomic mass is 79.9. The molecular weight excluding hydrogens is 516 g/mol. The van der Waals surface area contributed by atoms with E-state index < -0.39 is 6.04 Å². The Morgan fingerprint density at radius 3 is 2.25 bits per heavy atom. The molecule has 0 aliphatic carbocycles. The molecule has 184 valence electrons. The van der Waals surface area contributed by atoms with E-state index in [1.165, 1.54) is 0 Å². The van der Waals surface area contributed by atoms with Gasteiger partial charge in [0.15, 0.2) is 0 Å². The SMILES string of the molecule is CCC(c1ncc(-c2ccccc2)c(=O)n1Cc1ccccc1)N(CCN)C(=O)c1ccc(Br)cc1. The number of aromatic nitrogens is 2. The largest absolute Gasteiger partial charge is 0.329 e. The summed E-state index contributed by atoms with van der Waals surface area (Å²) in [6.07, 6.45) is 2.20. The van der Waals surface area contributed by atoms with Crippen molar-refractivity contribution < 1.29 is 4.79 Å². The van der Waals surface area contributed by atoms with E-state index in [0.29, 0.717) is 43.0 Å². The molecule has 1 amide bonds. The molecule has 0 aliphatic rings. The summed E-state index contributed by atoms with van der Waals surface area (Å²) in [5.74, 6) is 0.400. The molecule has 1 aromatic heterocycles. The van der Waals surface area contributed by atoms with Crippen LogP contribution in [0.5, 0.6) is 0 Å². The molecule has 4 aromatic rings. The lowest BCUT2D eigenvalue weighted by Gasteiger charge is -2.32. The third kappa shape index (κ3) is 5.64. The van der Waals surface area contributed by atoms with E-state index in [9.17, 15) is 9.59 Å². The van der Waals surface area contributed by atoms with Crippen molar-refractivity contribution in [2.75, 3.05) is 13.1 Å². The first kappa shape index (κ1) is 25.5. The summed E-state index contributed by atoms with van der Waals surface area (Å²) >= 11 is 3.42. The molecule has 3 aromatic carbocycles. The minimum absolute atomic E-state index is 0.141. The van der Waals surface area contributed by atoms with Gasteiger partial charge >= 0.3 is 0 Å². The number of carbonyl (C=O) groups excluding carboxylic acids is 1. The lowest BCUT2D eigenvalue weighted by atomic mass is 10.1. The average Bonchev–Trinajstić information content (AvgIpc) is 2.91. The zero-order valence-electron chi connectivity index (χ0n) is 20.2. The predicted molar refractivity (Wildman–Crippen MR) is 147 cm³/mol. The number of hydrogen-bond donors (Lipinski definition) is 1. The van der Waals surface area contributed by atoms with Crippen LogP contribution in [0.25, 0.3) is 11.1 Å². The highest BCUT2D eigenvalue weighted by molar-refractivity contribution is 9.10. The second-order valence-electron chi connectivity index (χ2n) is 8.49. The highest BCUT2D eigenvalue weighted by Crippen LogP contribution is 2.26. The van der Waals surface area contributed by atoms with Crippen molar-refractivity contribution in [2.24, 2.45) is 5.73 Å². The fourth-order valence-electron chi connectivity index (χ4n) is 4.34. The molecule has 1 unspecified atom stereocenters. The molecule has 0 saturated carbocycles. The van der Waals surface area contributed by atoms with Gasteiger partial charge in [-0.2, -0.15) is 0 Å². The lowest BCUT2D eigenvalue weighted by Crippen LogP contribution is -2.41. The number of amides is 1. The van der Waals surface area contributed by atoms with Crippen molar-refractivity contribution in [1.82, 2.24) is 14.5 Å². The van der Waals surface area contributed by atoms with E-state index >= 15 is 0 Å². The smallest absolute Gasteiger partial charge is 0.261 e. The number of nitrogens with two attached hydrogens (primary N) is 1. The molecule has 0 bridgehead atoms.